The number of rotatable bonds is 8. The summed E-state index contributed by atoms with van der Waals surface area (Å²) in [5, 5.41) is 4.90. The molecule has 6 rings (SSSR count). The number of ether oxygens (including phenoxy) is 2. The second-order valence-corrected chi connectivity index (χ2v) is 12.7. The molecule has 3 heterocycles. The first-order valence-electron chi connectivity index (χ1n) is 14.4. The molecule has 0 radical (unpaired) electrons. The van der Waals surface area contributed by atoms with Crippen molar-refractivity contribution < 1.29 is 27.4 Å². The van der Waals surface area contributed by atoms with Gasteiger partial charge in [0.25, 0.3) is 11.5 Å². The van der Waals surface area contributed by atoms with Crippen LogP contribution >= 0.6 is 22.7 Å². The molecule has 0 spiro atoms. The van der Waals surface area contributed by atoms with Crippen molar-refractivity contribution in [3.05, 3.63) is 142 Å². The number of anilines is 1. The third-order valence-electron chi connectivity index (χ3n) is 7.63. The van der Waals surface area contributed by atoms with Gasteiger partial charge in [-0.05, 0) is 78.9 Å². The third-order valence-corrected chi connectivity index (χ3v) is 9.54. The molecule has 3 aromatic carbocycles. The molecule has 5 aromatic rings. The van der Waals surface area contributed by atoms with Gasteiger partial charge in [-0.1, -0.05) is 47.7 Å². The molecule has 1 amide bonds. The lowest BCUT2D eigenvalue weighted by atomic mass is 10.0. The van der Waals surface area contributed by atoms with Crippen molar-refractivity contribution in [2.24, 2.45) is 4.99 Å². The minimum Gasteiger partial charge on any atom is -0.496 e. The molecule has 2 aromatic heterocycles. The number of halogens is 3. The van der Waals surface area contributed by atoms with Crippen LogP contribution in [0.15, 0.2) is 105 Å². The van der Waals surface area contributed by atoms with Gasteiger partial charge in [0.05, 0.1) is 28.5 Å². The predicted octanol–water partition coefficient (Wildman–Crippen LogP) is 6.85. The van der Waals surface area contributed by atoms with Gasteiger partial charge in [0.15, 0.2) is 4.80 Å². The van der Waals surface area contributed by atoms with Crippen molar-refractivity contribution in [1.29, 1.82) is 0 Å². The van der Waals surface area contributed by atoms with Crippen LogP contribution in [0.1, 0.15) is 40.1 Å². The van der Waals surface area contributed by atoms with Crippen molar-refractivity contribution in [2.45, 2.75) is 32.7 Å². The summed E-state index contributed by atoms with van der Waals surface area (Å²) in [6, 6.07) is 20.5. The number of alkyl halides is 3. The Morgan fingerprint density at radius 1 is 1.04 bits per heavy atom. The van der Waals surface area contributed by atoms with E-state index in [9.17, 15) is 22.8 Å². The van der Waals surface area contributed by atoms with Gasteiger partial charge in [0, 0.05) is 16.1 Å². The Kier molecular flexibility index (Phi) is 8.89. The van der Waals surface area contributed by atoms with Gasteiger partial charge in [-0.15, -0.1) is 11.3 Å². The fraction of sp³-hybridized carbons (Fsp3) is 0.171. The maximum absolute atomic E-state index is 14.0. The lowest BCUT2D eigenvalue weighted by molar-refractivity contribution is -0.137. The highest BCUT2D eigenvalue weighted by molar-refractivity contribution is 7.10. The summed E-state index contributed by atoms with van der Waals surface area (Å²) in [5.74, 6) is 0.203. The Hall–Kier alpha value is -4.94. The lowest BCUT2D eigenvalue weighted by Crippen LogP contribution is -2.40. The monoisotopic (exact) mass is 675 g/mol. The van der Waals surface area contributed by atoms with Crippen LogP contribution in [0.2, 0.25) is 0 Å². The maximum Gasteiger partial charge on any atom is 0.416 e. The van der Waals surface area contributed by atoms with Crippen LogP contribution in [-0.4, -0.2) is 17.6 Å². The third kappa shape index (κ3) is 6.65. The van der Waals surface area contributed by atoms with Gasteiger partial charge in [0.2, 0.25) is 0 Å². The summed E-state index contributed by atoms with van der Waals surface area (Å²) in [5.41, 5.74) is 2.59. The molecule has 47 heavy (non-hydrogen) atoms. The number of thiazole rings is 1. The summed E-state index contributed by atoms with van der Waals surface area (Å²) >= 11 is 2.66. The first kappa shape index (κ1) is 32.0. The molecule has 0 fully saturated rings. The molecule has 1 N–H and O–H groups in total. The van der Waals surface area contributed by atoms with E-state index in [1.165, 1.54) is 41.9 Å². The van der Waals surface area contributed by atoms with Crippen LogP contribution < -0.4 is 29.7 Å². The second kappa shape index (κ2) is 13.0. The summed E-state index contributed by atoms with van der Waals surface area (Å²) < 4.78 is 52.7. The molecule has 0 saturated heterocycles. The number of carbonyl (C=O) groups is 1. The number of benzene rings is 3. The van der Waals surface area contributed by atoms with E-state index < -0.39 is 17.8 Å². The molecule has 12 heteroatoms. The zero-order valence-corrected chi connectivity index (χ0v) is 27.1. The van der Waals surface area contributed by atoms with Gasteiger partial charge >= 0.3 is 6.18 Å². The Bertz CT molecular complexity index is 2180. The number of nitrogens with one attached hydrogen (secondary N) is 1. The molecule has 1 atom stereocenters. The Balaban J connectivity index is 1.35. The number of para-hydroxylation sites is 1. The molecular formula is C35H28F3N3O4S2. The van der Waals surface area contributed by atoms with Crippen LogP contribution in [0.4, 0.5) is 18.9 Å². The zero-order valence-electron chi connectivity index (χ0n) is 25.4. The highest BCUT2D eigenvalue weighted by Gasteiger charge is 2.33. The average molecular weight is 676 g/mol. The normalized spacial score (nSPS) is 14.9. The van der Waals surface area contributed by atoms with E-state index in [4.69, 9.17) is 14.5 Å². The highest BCUT2D eigenvalue weighted by atomic mass is 32.1. The van der Waals surface area contributed by atoms with E-state index in [1.54, 1.807) is 35.8 Å². The summed E-state index contributed by atoms with van der Waals surface area (Å²) in [6.07, 6.45) is -2.77. The van der Waals surface area contributed by atoms with Gasteiger partial charge in [0.1, 0.15) is 24.1 Å². The number of aromatic nitrogens is 1. The first-order chi connectivity index (χ1) is 22.5. The van der Waals surface area contributed by atoms with Crippen LogP contribution in [-0.2, 0) is 17.6 Å². The van der Waals surface area contributed by atoms with Crippen LogP contribution in [0.3, 0.4) is 0 Å². The number of fused-ring (bicyclic) bond motifs is 1. The van der Waals surface area contributed by atoms with E-state index >= 15 is 0 Å². The van der Waals surface area contributed by atoms with Crippen LogP contribution in [0, 0.1) is 6.92 Å². The number of hydrogen-bond acceptors (Lipinski definition) is 7. The van der Waals surface area contributed by atoms with Gasteiger partial charge < -0.3 is 14.8 Å². The van der Waals surface area contributed by atoms with E-state index in [-0.39, 0.29) is 23.8 Å². The first-order valence-corrected chi connectivity index (χ1v) is 16.1. The number of thiophene rings is 1. The summed E-state index contributed by atoms with van der Waals surface area (Å²) in [4.78, 5) is 33.8. The molecular weight excluding hydrogens is 648 g/mol. The van der Waals surface area contributed by atoms with E-state index in [0.717, 1.165) is 22.6 Å². The van der Waals surface area contributed by atoms with Gasteiger partial charge in [-0.25, -0.2) is 4.99 Å². The largest absolute Gasteiger partial charge is 0.496 e. The van der Waals surface area contributed by atoms with Crippen LogP contribution in [0.5, 0.6) is 11.5 Å². The zero-order chi connectivity index (χ0) is 33.3. The second-order valence-electron chi connectivity index (χ2n) is 10.8. The van der Waals surface area contributed by atoms with Crippen molar-refractivity contribution in [3.8, 4) is 11.5 Å². The molecule has 0 unspecified atom stereocenters. The average Bonchev–Trinajstić information content (AvgIpc) is 3.68. The Morgan fingerprint density at radius 2 is 1.85 bits per heavy atom. The van der Waals surface area contributed by atoms with Crippen molar-refractivity contribution in [3.63, 3.8) is 0 Å². The quantitative estimate of drug-likeness (QED) is 0.195. The molecule has 0 bridgehead atoms. The number of methoxy groups -OCH3 is 1. The summed E-state index contributed by atoms with van der Waals surface area (Å²) in [7, 11) is 1.49. The fourth-order valence-corrected chi connectivity index (χ4v) is 7.18. The predicted molar refractivity (Wildman–Crippen MR) is 177 cm³/mol. The van der Waals surface area contributed by atoms with Crippen molar-refractivity contribution >= 4 is 40.3 Å². The number of allylic oxidation sites excluding steroid dienone is 1. The minimum absolute atomic E-state index is 0.0619. The lowest BCUT2D eigenvalue weighted by Gasteiger charge is -2.24. The number of hydrogen-bond donors (Lipinski definition) is 1. The molecule has 0 aliphatic carbocycles. The molecule has 1 aliphatic heterocycles. The standard InChI is InChI=1S/C35H28F3N3O4S2/c1-20-8-4-5-11-26(20)40-32(42)30-21(2)39-34-41(31(30)28-12-7-15-46-28)33(43)29(47-34)17-22-13-14-27(44-3)23(16-22)19-45-25-10-6-9-24(18-25)35(36,37)38/h4-18,31H,19H2,1-3H3,(H,40,42)/b29-17+/t31-/m1/s1. The van der Waals surface area contributed by atoms with Crippen molar-refractivity contribution in [2.75, 3.05) is 12.4 Å². The van der Waals surface area contributed by atoms with E-state index in [0.29, 0.717) is 43.2 Å². The van der Waals surface area contributed by atoms with Crippen molar-refractivity contribution in [1.82, 2.24) is 4.57 Å². The molecule has 240 valence electrons. The van der Waals surface area contributed by atoms with Crippen LogP contribution in [0.25, 0.3) is 6.08 Å². The number of amides is 1. The molecule has 1 aliphatic rings. The maximum atomic E-state index is 14.0. The minimum atomic E-state index is -4.49. The highest BCUT2D eigenvalue weighted by Crippen LogP contribution is 2.34. The number of nitrogens with zero attached hydrogens (tertiary/aromatic N) is 2. The summed E-state index contributed by atoms with van der Waals surface area (Å²) in [6.45, 7) is 3.61. The van der Waals surface area contributed by atoms with Gasteiger partial charge in [-0.3, -0.25) is 14.2 Å². The fourth-order valence-electron chi connectivity index (χ4n) is 5.31. The molecule has 7 nitrogen and oxygen atoms in total. The van der Waals surface area contributed by atoms with E-state index in [2.05, 4.69) is 5.32 Å². The number of aryl methyl sites for hydroxylation is 1. The number of carbonyl (C=O) groups excluding carboxylic acids is 1. The topological polar surface area (TPSA) is 81.9 Å². The smallest absolute Gasteiger partial charge is 0.416 e. The van der Waals surface area contributed by atoms with Gasteiger partial charge in [-0.2, -0.15) is 13.2 Å². The Morgan fingerprint density at radius 3 is 2.57 bits per heavy atom. The SMILES string of the molecule is COc1ccc(/C=c2/sc3n(c2=O)[C@H](c2cccs2)C(C(=O)Nc2ccccc2C)=C(C)N=3)cc1COc1cccc(C(F)(F)F)c1. The van der Waals surface area contributed by atoms with E-state index in [1.807, 2.05) is 48.7 Å². The Labute approximate surface area is 275 Å². The molecule has 0 saturated carbocycles.